The van der Waals surface area contributed by atoms with Crippen LogP contribution in [-0.2, 0) is 11.4 Å². The standard InChI is InChI=1S/C26H18BrClN4O3S/c1-34-21-13-16(12-19(27)22(21)35-14-15-7-3-2-4-8-15)11-18-23(29)32-26(30-24(18)33)36-25(31-32)17-9-5-6-10-20(17)28/h2-13,29H,14H2,1H3/b18-11-,29-23?. The number of ether oxygens (including phenoxy) is 2. The lowest BCUT2D eigenvalue weighted by atomic mass is 10.1. The van der Waals surface area contributed by atoms with E-state index in [1.807, 2.05) is 48.5 Å². The van der Waals surface area contributed by atoms with Crippen LogP contribution in [0, 0.1) is 5.41 Å². The molecule has 0 aromatic heterocycles. The van der Waals surface area contributed by atoms with Crippen molar-refractivity contribution in [3.8, 4) is 11.5 Å². The van der Waals surface area contributed by atoms with Crippen molar-refractivity contribution in [3.63, 3.8) is 0 Å². The molecule has 0 spiro atoms. The molecule has 0 unspecified atom stereocenters. The second-order valence-electron chi connectivity index (χ2n) is 7.71. The van der Waals surface area contributed by atoms with E-state index in [1.165, 1.54) is 16.8 Å². The van der Waals surface area contributed by atoms with Crippen LogP contribution in [0.25, 0.3) is 6.08 Å². The predicted octanol–water partition coefficient (Wildman–Crippen LogP) is 6.36. The van der Waals surface area contributed by atoms with Crippen molar-refractivity contribution in [1.29, 1.82) is 5.41 Å². The van der Waals surface area contributed by atoms with Gasteiger partial charge in [-0.05, 0) is 63.1 Å². The van der Waals surface area contributed by atoms with Crippen molar-refractivity contribution in [2.45, 2.75) is 6.61 Å². The van der Waals surface area contributed by atoms with Gasteiger partial charge in [0.2, 0.25) is 5.17 Å². The number of amides is 1. The number of amidine groups is 2. The van der Waals surface area contributed by atoms with Gasteiger partial charge < -0.3 is 9.47 Å². The molecular formula is C26H18BrClN4O3S. The van der Waals surface area contributed by atoms with Gasteiger partial charge in [-0.3, -0.25) is 10.2 Å². The summed E-state index contributed by atoms with van der Waals surface area (Å²) >= 11 is 11.0. The third-order valence-corrected chi connectivity index (χ3v) is 7.21. The number of benzene rings is 3. The zero-order valence-corrected chi connectivity index (χ0v) is 22.0. The molecule has 1 N–H and O–H groups in total. The Balaban J connectivity index is 1.43. The summed E-state index contributed by atoms with van der Waals surface area (Å²) in [6.07, 6.45) is 1.59. The quantitative estimate of drug-likeness (QED) is 0.343. The molecule has 0 saturated carbocycles. The lowest BCUT2D eigenvalue weighted by Gasteiger charge is -2.20. The molecule has 2 aliphatic rings. The van der Waals surface area contributed by atoms with E-state index in [9.17, 15) is 4.79 Å². The number of halogens is 2. The molecule has 10 heteroatoms. The Morgan fingerprint density at radius 3 is 2.64 bits per heavy atom. The molecule has 0 atom stereocenters. The van der Waals surface area contributed by atoms with E-state index in [0.29, 0.717) is 48.9 Å². The third-order valence-electron chi connectivity index (χ3n) is 5.35. The minimum Gasteiger partial charge on any atom is -0.493 e. The van der Waals surface area contributed by atoms with Crippen molar-refractivity contribution >= 4 is 67.3 Å². The Labute approximate surface area is 225 Å². The van der Waals surface area contributed by atoms with Crippen LogP contribution in [0.5, 0.6) is 11.5 Å². The monoisotopic (exact) mass is 580 g/mol. The summed E-state index contributed by atoms with van der Waals surface area (Å²) in [6, 6.07) is 20.6. The number of rotatable bonds is 6. The van der Waals surface area contributed by atoms with Crippen molar-refractivity contribution in [1.82, 2.24) is 5.01 Å². The summed E-state index contributed by atoms with van der Waals surface area (Å²) in [5.41, 5.74) is 2.48. The maximum Gasteiger partial charge on any atom is 0.283 e. The fourth-order valence-electron chi connectivity index (χ4n) is 3.60. The van der Waals surface area contributed by atoms with Gasteiger partial charge in [0, 0.05) is 5.56 Å². The van der Waals surface area contributed by atoms with Gasteiger partial charge in [-0.2, -0.15) is 15.1 Å². The second-order valence-corrected chi connectivity index (χ2v) is 9.93. The molecule has 0 aliphatic carbocycles. The van der Waals surface area contributed by atoms with E-state index in [2.05, 4.69) is 26.0 Å². The highest BCUT2D eigenvalue weighted by Crippen LogP contribution is 2.38. The molecule has 3 aromatic carbocycles. The maximum absolute atomic E-state index is 12.8. The van der Waals surface area contributed by atoms with Crippen LogP contribution in [-0.4, -0.2) is 34.1 Å². The number of carbonyl (C=O) groups is 1. The number of methoxy groups -OCH3 is 1. The van der Waals surface area contributed by atoms with Gasteiger partial charge in [-0.1, -0.05) is 60.1 Å². The van der Waals surface area contributed by atoms with Crippen LogP contribution >= 0.6 is 39.3 Å². The Morgan fingerprint density at radius 2 is 1.89 bits per heavy atom. The normalized spacial score (nSPS) is 16.1. The maximum atomic E-state index is 12.8. The molecule has 0 saturated heterocycles. The summed E-state index contributed by atoms with van der Waals surface area (Å²) in [6.45, 7) is 0.370. The summed E-state index contributed by atoms with van der Waals surface area (Å²) in [7, 11) is 1.55. The molecule has 0 bridgehead atoms. The molecule has 180 valence electrons. The fourth-order valence-corrected chi connectivity index (χ4v) is 5.38. The number of hydrogen-bond donors (Lipinski definition) is 1. The number of carbonyl (C=O) groups excluding carboxylic acids is 1. The molecule has 7 nitrogen and oxygen atoms in total. The number of hydrazone groups is 1. The zero-order chi connectivity index (χ0) is 25.2. The number of thioether (sulfide) groups is 1. The summed E-state index contributed by atoms with van der Waals surface area (Å²) in [5.74, 6) is 0.438. The molecule has 2 heterocycles. The number of nitrogens with one attached hydrogen (secondary N) is 1. The van der Waals surface area contributed by atoms with Gasteiger partial charge in [0.25, 0.3) is 5.91 Å². The van der Waals surface area contributed by atoms with Crippen LogP contribution in [0.3, 0.4) is 0 Å². The van der Waals surface area contributed by atoms with E-state index in [0.717, 1.165) is 5.56 Å². The molecule has 0 fully saturated rings. The molecule has 5 rings (SSSR count). The number of fused-ring (bicyclic) bond motifs is 1. The number of nitrogens with zero attached hydrogens (tertiary/aromatic N) is 3. The van der Waals surface area contributed by atoms with Crippen molar-refractivity contribution in [2.75, 3.05) is 7.11 Å². The first-order valence-electron chi connectivity index (χ1n) is 10.7. The summed E-state index contributed by atoms with van der Waals surface area (Å²) in [4.78, 5) is 17.0. The Morgan fingerprint density at radius 1 is 1.14 bits per heavy atom. The van der Waals surface area contributed by atoms with Gasteiger partial charge in [0.15, 0.2) is 17.3 Å². The fraction of sp³-hybridized carbons (Fsp3) is 0.0769. The number of aliphatic imine (C=N–C) groups is 1. The van der Waals surface area contributed by atoms with Crippen molar-refractivity contribution < 1.29 is 14.3 Å². The van der Waals surface area contributed by atoms with Crippen LogP contribution in [0.1, 0.15) is 16.7 Å². The number of hydrogen-bond acceptors (Lipinski definition) is 6. The smallest absolute Gasteiger partial charge is 0.283 e. The second kappa shape index (κ2) is 10.3. The average Bonchev–Trinajstić information content (AvgIpc) is 3.30. The van der Waals surface area contributed by atoms with Gasteiger partial charge in [0.05, 0.1) is 22.2 Å². The minimum absolute atomic E-state index is 0.0703. The van der Waals surface area contributed by atoms with Gasteiger partial charge in [-0.25, -0.2) is 0 Å². The average molecular weight is 582 g/mol. The lowest BCUT2D eigenvalue weighted by Crippen LogP contribution is -2.35. The topological polar surface area (TPSA) is 87.3 Å². The SMILES string of the molecule is COc1cc(/C=C2/C(=N)N3N=C(c4ccccc4Cl)SC3=NC2=O)cc(Br)c1OCc1ccccc1. The molecule has 3 aromatic rings. The molecule has 1 amide bonds. The van der Waals surface area contributed by atoms with Gasteiger partial charge in [-0.15, -0.1) is 0 Å². The van der Waals surface area contributed by atoms with Crippen LogP contribution in [0.2, 0.25) is 5.02 Å². The van der Waals surface area contributed by atoms with E-state index < -0.39 is 5.91 Å². The molecular weight excluding hydrogens is 564 g/mol. The first-order chi connectivity index (χ1) is 17.4. The van der Waals surface area contributed by atoms with Crippen LogP contribution in [0.15, 0.2) is 86.9 Å². The zero-order valence-electron chi connectivity index (χ0n) is 18.9. The van der Waals surface area contributed by atoms with E-state index >= 15 is 0 Å². The summed E-state index contributed by atoms with van der Waals surface area (Å²) in [5, 5.41) is 15.9. The first kappa shape index (κ1) is 24.3. The Kier molecular flexibility index (Phi) is 6.95. The Hall–Kier alpha value is -3.40. The molecule has 2 aliphatic heterocycles. The van der Waals surface area contributed by atoms with E-state index in [4.69, 9.17) is 26.5 Å². The largest absolute Gasteiger partial charge is 0.493 e. The highest BCUT2D eigenvalue weighted by Gasteiger charge is 2.36. The van der Waals surface area contributed by atoms with Crippen LogP contribution in [0.4, 0.5) is 0 Å². The highest BCUT2D eigenvalue weighted by atomic mass is 79.9. The first-order valence-corrected chi connectivity index (χ1v) is 12.7. The van der Waals surface area contributed by atoms with E-state index in [-0.39, 0.29) is 11.4 Å². The minimum atomic E-state index is -0.520. The van der Waals surface area contributed by atoms with Gasteiger partial charge >= 0.3 is 0 Å². The third kappa shape index (κ3) is 4.82. The van der Waals surface area contributed by atoms with Crippen molar-refractivity contribution in [3.05, 3.63) is 98.5 Å². The van der Waals surface area contributed by atoms with E-state index in [1.54, 1.807) is 31.4 Å². The van der Waals surface area contributed by atoms with Crippen LogP contribution < -0.4 is 9.47 Å². The van der Waals surface area contributed by atoms with Crippen molar-refractivity contribution in [2.24, 2.45) is 10.1 Å². The Bertz CT molecular complexity index is 1470. The summed E-state index contributed by atoms with van der Waals surface area (Å²) < 4.78 is 12.2. The predicted molar refractivity (Wildman–Crippen MR) is 147 cm³/mol. The molecule has 0 radical (unpaired) electrons. The highest BCUT2D eigenvalue weighted by molar-refractivity contribution is 9.10. The van der Waals surface area contributed by atoms with Gasteiger partial charge in [0.1, 0.15) is 11.7 Å². The molecule has 36 heavy (non-hydrogen) atoms. The lowest BCUT2D eigenvalue weighted by molar-refractivity contribution is -0.114.